The summed E-state index contributed by atoms with van der Waals surface area (Å²) in [4.78, 5) is 0. The maximum atomic E-state index is 3.85. The van der Waals surface area contributed by atoms with E-state index in [2.05, 4.69) is 31.1 Å². The minimum absolute atomic E-state index is 0.985. The monoisotopic (exact) mass is 165 g/mol. The van der Waals surface area contributed by atoms with Crippen molar-refractivity contribution in [2.45, 2.75) is 33.1 Å². The van der Waals surface area contributed by atoms with Gasteiger partial charge in [0.15, 0.2) is 0 Å². The first-order valence-electron chi connectivity index (χ1n) is 4.47. The van der Waals surface area contributed by atoms with Crippen LogP contribution in [0.2, 0.25) is 0 Å². The van der Waals surface area contributed by atoms with Crippen molar-refractivity contribution in [3.63, 3.8) is 0 Å². The Morgan fingerprint density at radius 1 is 1.42 bits per heavy atom. The first-order valence-corrected chi connectivity index (χ1v) is 4.47. The van der Waals surface area contributed by atoms with Gasteiger partial charge in [-0.25, -0.2) is 0 Å². The molecule has 0 bridgehead atoms. The number of hydrogen-bond acceptors (Lipinski definition) is 1. The van der Waals surface area contributed by atoms with Gasteiger partial charge in [0.25, 0.3) is 0 Å². The standard InChI is InChI=1S/C11H19N/c1-5-9-12-11(6-2)8-7-10(3)4/h12H,2-3,5,7-9H2,1,4H3. The molecule has 0 rings (SSSR count). The van der Waals surface area contributed by atoms with E-state index in [1.165, 1.54) is 5.57 Å². The summed E-state index contributed by atoms with van der Waals surface area (Å²) in [7, 11) is 0. The molecule has 0 radical (unpaired) electrons. The lowest BCUT2D eigenvalue weighted by Crippen LogP contribution is -2.13. The summed E-state index contributed by atoms with van der Waals surface area (Å²) < 4.78 is 0. The SMILES string of the molecule is C=C=C(CCC(=C)C)NCCC. The van der Waals surface area contributed by atoms with E-state index in [1.54, 1.807) is 0 Å². The molecule has 0 amide bonds. The van der Waals surface area contributed by atoms with E-state index in [1.807, 2.05) is 6.92 Å². The quantitative estimate of drug-likeness (QED) is 0.471. The molecule has 1 N–H and O–H groups in total. The normalized spacial score (nSPS) is 8.83. The topological polar surface area (TPSA) is 12.0 Å². The summed E-state index contributed by atoms with van der Waals surface area (Å²) in [5.41, 5.74) is 5.23. The Labute approximate surface area is 75.9 Å². The Kier molecular flexibility index (Phi) is 6.22. The smallest absolute Gasteiger partial charge is 0.0535 e. The van der Waals surface area contributed by atoms with Gasteiger partial charge in [-0.05, 0) is 26.2 Å². The van der Waals surface area contributed by atoms with Gasteiger partial charge >= 0.3 is 0 Å². The Morgan fingerprint density at radius 2 is 2.08 bits per heavy atom. The maximum absolute atomic E-state index is 3.85. The Bertz CT molecular complexity index is 185. The highest BCUT2D eigenvalue weighted by Crippen LogP contribution is 2.05. The van der Waals surface area contributed by atoms with Crippen LogP contribution in [0.3, 0.4) is 0 Å². The van der Waals surface area contributed by atoms with Gasteiger partial charge in [-0.2, -0.15) is 0 Å². The van der Waals surface area contributed by atoms with E-state index in [9.17, 15) is 0 Å². The van der Waals surface area contributed by atoms with Crippen LogP contribution < -0.4 is 5.32 Å². The molecule has 0 aliphatic heterocycles. The molecular weight excluding hydrogens is 146 g/mol. The van der Waals surface area contributed by atoms with E-state index in [0.29, 0.717) is 0 Å². The molecule has 0 aromatic carbocycles. The van der Waals surface area contributed by atoms with E-state index < -0.39 is 0 Å². The average molecular weight is 165 g/mol. The van der Waals surface area contributed by atoms with Crippen LogP contribution in [-0.2, 0) is 0 Å². The number of rotatable bonds is 6. The molecule has 12 heavy (non-hydrogen) atoms. The summed E-state index contributed by atoms with van der Waals surface area (Å²) in [6.07, 6.45) is 3.14. The van der Waals surface area contributed by atoms with Gasteiger partial charge in [-0.1, -0.05) is 19.1 Å². The lowest BCUT2D eigenvalue weighted by Gasteiger charge is -2.06. The molecule has 1 heteroatoms. The number of nitrogens with one attached hydrogen (secondary N) is 1. The minimum Gasteiger partial charge on any atom is -0.382 e. The second-order valence-corrected chi connectivity index (χ2v) is 3.04. The second-order valence-electron chi connectivity index (χ2n) is 3.04. The van der Waals surface area contributed by atoms with E-state index in [0.717, 1.165) is 31.5 Å². The van der Waals surface area contributed by atoms with E-state index >= 15 is 0 Å². The zero-order valence-electron chi connectivity index (χ0n) is 8.24. The zero-order valence-corrected chi connectivity index (χ0v) is 8.24. The number of hydrogen-bond donors (Lipinski definition) is 1. The fraction of sp³-hybridized carbons (Fsp3) is 0.545. The van der Waals surface area contributed by atoms with Gasteiger partial charge < -0.3 is 5.32 Å². The van der Waals surface area contributed by atoms with Gasteiger partial charge in [-0.3, -0.25) is 0 Å². The zero-order chi connectivity index (χ0) is 9.40. The third-order valence-corrected chi connectivity index (χ3v) is 1.60. The predicted molar refractivity (Wildman–Crippen MR) is 55.0 cm³/mol. The summed E-state index contributed by atoms with van der Waals surface area (Å²) in [6.45, 7) is 12.7. The van der Waals surface area contributed by atoms with Crippen molar-refractivity contribution in [1.29, 1.82) is 0 Å². The molecule has 0 spiro atoms. The van der Waals surface area contributed by atoms with Crippen LogP contribution in [0.5, 0.6) is 0 Å². The fourth-order valence-corrected chi connectivity index (χ4v) is 0.854. The minimum atomic E-state index is 0.985. The third kappa shape index (κ3) is 5.82. The van der Waals surface area contributed by atoms with Crippen LogP contribution in [0.25, 0.3) is 0 Å². The Hall–Kier alpha value is -0.940. The fourth-order valence-electron chi connectivity index (χ4n) is 0.854. The molecule has 0 aromatic heterocycles. The highest BCUT2D eigenvalue weighted by Gasteiger charge is 1.94. The van der Waals surface area contributed by atoms with Crippen molar-refractivity contribution in [2.75, 3.05) is 6.54 Å². The molecule has 1 nitrogen and oxygen atoms in total. The third-order valence-electron chi connectivity index (χ3n) is 1.60. The summed E-state index contributed by atoms with van der Waals surface area (Å²) in [6, 6.07) is 0. The first kappa shape index (κ1) is 11.1. The second kappa shape index (κ2) is 6.75. The predicted octanol–water partition coefficient (Wildman–Crippen LogP) is 3.01. The van der Waals surface area contributed by atoms with Crippen molar-refractivity contribution in [3.05, 3.63) is 30.2 Å². The van der Waals surface area contributed by atoms with E-state index in [4.69, 9.17) is 0 Å². The van der Waals surface area contributed by atoms with Crippen LogP contribution in [0.4, 0.5) is 0 Å². The number of allylic oxidation sites excluding steroid dienone is 2. The molecule has 0 aromatic rings. The maximum Gasteiger partial charge on any atom is 0.0535 e. The van der Waals surface area contributed by atoms with Gasteiger partial charge in [0.1, 0.15) is 0 Å². The molecule has 0 unspecified atom stereocenters. The molecular formula is C11H19N. The summed E-state index contributed by atoms with van der Waals surface area (Å²) in [5.74, 6) is 0. The molecule has 0 heterocycles. The van der Waals surface area contributed by atoms with Crippen molar-refractivity contribution in [2.24, 2.45) is 0 Å². The van der Waals surface area contributed by atoms with Crippen LogP contribution in [0.1, 0.15) is 33.1 Å². The van der Waals surface area contributed by atoms with Gasteiger partial charge in [-0.15, -0.1) is 12.3 Å². The van der Waals surface area contributed by atoms with Gasteiger partial charge in [0.05, 0.1) is 5.70 Å². The lowest BCUT2D eigenvalue weighted by molar-refractivity contribution is 0.724. The molecule has 68 valence electrons. The largest absolute Gasteiger partial charge is 0.382 e. The highest BCUT2D eigenvalue weighted by atomic mass is 14.9. The van der Waals surface area contributed by atoms with Crippen molar-refractivity contribution < 1.29 is 0 Å². The Balaban J connectivity index is 3.70. The molecule has 0 aliphatic carbocycles. The first-order chi connectivity index (χ1) is 5.70. The molecule has 0 atom stereocenters. The van der Waals surface area contributed by atoms with Gasteiger partial charge in [0, 0.05) is 6.54 Å². The van der Waals surface area contributed by atoms with Crippen molar-refractivity contribution >= 4 is 0 Å². The van der Waals surface area contributed by atoms with Crippen LogP contribution in [-0.4, -0.2) is 6.54 Å². The molecule has 0 saturated carbocycles. The average Bonchev–Trinajstić information content (AvgIpc) is 2.05. The van der Waals surface area contributed by atoms with Crippen LogP contribution in [0, 0.1) is 0 Å². The molecule has 0 saturated heterocycles. The van der Waals surface area contributed by atoms with Crippen molar-refractivity contribution in [3.8, 4) is 0 Å². The summed E-state index contributed by atoms with van der Waals surface area (Å²) in [5, 5.41) is 3.28. The molecule has 0 aliphatic rings. The Morgan fingerprint density at radius 3 is 2.50 bits per heavy atom. The van der Waals surface area contributed by atoms with E-state index in [-0.39, 0.29) is 0 Å². The van der Waals surface area contributed by atoms with Crippen LogP contribution in [0.15, 0.2) is 30.2 Å². The molecule has 0 fully saturated rings. The van der Waals surface area contributed by atoms with Crippen LogP contribution >= 0.6 is 0 Å². The van der Waals surface area contributed by atoms with Gasteiger partial charge in [0.2, 0.25) is 0 Å². The van der Waals surface area contributed by atoms with Crippen molar-refractivity contribution in [1.82, 2.24) is 5.32 Å². The summed E-state index contributed by atoms with van der Waals surface area (Å²) >= 11 is 0. The lowest BCUT2D eigenvalue weighted by atomic mass is 10.1. The highest BCUT2D eigenvalue weighted by molar-refractivity contribution is 5.01.